The van der Waals surface area contributed by atoms with Crippen molar-refractivity contribution in [1.82, 2.24) is 0 Å². The summed E-state index contributed by atoms with van der Waals surface area (Å²) in [7, 11) is -4.40. The minimum absolute atomic E-state index is 0.0384. The molecule has 0 saturated carbocycles. The number of allylic oxidation sites excluding steroid dienone is 9. The van der Waals surface area contributed by atoms with Gasteiger partial charge in [0.2, 0.25) is 0 Å². The first-order valence-electron chi connectivity index (χ1n) is 23.8. The van der Waals surface area contributed by atoms with E-state index in [2.05, 4.69) is 62.5 Å². The standard InChI is InChI=1S/C49H88NO9P/c1-3-5-6-7-8-9-10-11-12-13-14-15-16-17-18-21-25-28-31-34-37-41-49(53)59-47(45-58-60(54,55)57-43-42-50)44-56-48(52)40-36-33-30-27-24-22-19-20-23-26-29-32-35-39-46(51)38-4-2/h11-12,19,22-23,26-27,30,32,35,46-47,51H,3-10,13-18,20-21,24-25,28-29,31,33-34,36-45,50H2,1-2H3,(H,54,55)/b12-11-,22-19-,26-23-,30-27-,35-32-/t46?,47-/m1/s1. The van der Waals surface area contributed by atoms with Crippen molar-refractivity contribution < 1.29 is 42.7 Å². The molecular formula is C49H88NO9P. The summed E-state index contributed by atoms with van der Waals surface area (Å²) >= 11 is 0. The Morgan fingerprint density at radius 2 is 1.03 bits per heavy atom. The van der Waals surface area contributed by atoms with Crippen LogP contribution >= 0.6 is 7.82 Å². The summed E-state index contributed by atoms with van der Waals surface area (Å²) in [6.45, 7) is 3.46. The Kier molecular flexibility index (Phi) is 43.0. The first-order chi connectivity index (χ1) is 29.2. The highest BCUT2D eigenvalue weighted by Crippen LogP contribution is 2.43. The fourth-order valence-corrected chi connectivity index (χ4v) is 7.17. The van der Waals surface area contributed by atoms with Gasteiger partial charge in [0.15, 0.2) is 6.10 Å². The molecule has 0 radical (unpaired) electrons. The maximum absolute atomic E-state index is 12.6. The maximum atomic E-state index is 12.6. The summed E-state index contributed by atoms with van der Waals surface area (Å²) in [6, 6.07) is 0. The SMILES string of the molecule is CCCCCCCC/C=C\CCCCCCCCCCCCCC(=O)O[C@H](COC(=O)CCC/C=C\C/C=C\C/C=C\C/C=C\CC(O)CCC)COP(=O)(O)OCCN. The molecule has 0 aromatic rings. The van der Waals surface area contributed by atoms with Crippen molar-refractivity contribution in [3.8, 4) is 0 Å². The van der Waals surface area contributed by atoms with Gasteiger partial charge in [-0.25, -0.2) is 4.57 Å². The lowest BCUT2D eigenvalue weighted by atomic mass is 10.0. The molecule has 60 heavy (non-hydrogen) atoms. The Bertz CT molecular complexity index is 1190. The number of phosphoric ester groups is 1. The molecule has 0 fully saturated rings. The first-order valence-corrected chi connectivity index (χ1v) is 25.3. The lowest BCUT2D eigenvalue weighted by Crippen LogP contribution is -2.29. The third-order valence-electron chi connectivity index (χ3n) is 9.93. The van der Waals surface area contributed by atoms with Crippen molar-refractivity contribution in [2.45, 2.75) is 212 Å². The minimum atomic E-state index is -4.40. The van der Waals surface area contributed by atoms with E-state index in [-0.39, 0.29) is 38.7 Å². The summed E-state index contributed by atoms with van der Waals surface area (Å²) in [6.07, 6.45) is 50.4. The molecule has 0 aromatic heterocycles. The molecule has 0 saturated heterocycles. The normalized spacial score (nSPS) is 14.3. The van der Waals surface area contributed by atoms with E-state index in [9.17, 15) is 24.2 Å². The summed E-state index contributed by atoms with van der Waals surface area (Å²) in [5.74, 6) is -0.915. The van der Waals surface area contributed by atoms with Crippen LogP contribution in [0.4, 0.5) is 0 Å². The van der Waals surface area contributed by atoms with Gasteiger partial charge in [-0.15, -0.1) is 0 Å². The van der Waals surface area contributed by atoms with Crippen LogP contribution in [0.15, 0.2) is 60.8 Å². The summed E-state index contributed by atoms with van der Waals surface area (Å²) in [5, 5.41) is 9.73. The van der Waals surface area contributed by atoms with Gasteiger partial charge in [0.1, 0.15) is 6.61 Å². The number of hydrogen-bond acceptors (Lipinski definition) is 9. The molecule has 0 aliphatic rings. The highest BCUT2D eigenvalue weighted by molar-refractivity contribution is 7.47. The highest BCUT2D eigenvalue weighted by atomic mass is 31.2. The molecule has 0 aliphatic carbocycles. The van der Waals surface area contributed by atoms with Gasteiger partial charge in [-0.1, -0.05) is 171 Å². The number of unbranched alkanes of at least 4 members (excludes halogenated alkanes) is 18. The predicted octanol–water partition coefficient (Wildman–Crippen LogP) is 13.0. The van der Waals surface area contributed by atoms with Crippen molar-refractivity contribution in [3.63, 3.8) is 0 Å². The van der Waals surface area contributed by atoms with E-state index in [4.69, 9.17) is 24.3 Å². The van der Waals surface area contributed by atoms with E-state index in [0.29, 0.717) is 25.7 Å². The van der Waals surface area contributed by atoms with Gasteiger partial charge in [-0.3, -0.25) is 18.6 Å². The van der Waals surface area contributed by atoms with Crippen LogP contribution in [0.2, 0.25) is 0 Å². The van der Waals surface area contributed by atoms with Crippen molar-refractivity contribution in [3.05, 3.63) is 60.8 Å². The quantitative estimate of drug-likeness (QED) is 0.0233. The fourth-order valence-electron chi connectivity index (χ4n) is 6.40. The number of ether oxygens (including phenoxy) is 2. The Morgan fingerprint density at radius 3 is 1.58 bits per heavy atom. The van der Waals surface area contributed by atoms with Gasteiger partial charge in [0.25, 0.3) is 0 Å². The molecule has 348 valence electrons. The lowest BCUT2D eigenvalue weighted by molar-refractivity contribution is -0.161. The number of nitrogens with two attached hydrogens (primary N) is 1. The average molecular weight is 866 g/mol. The van der Waals surface area contributed by atoms with Gasteiger partial charge < -0.3 is 25.2 Å². The second kappa shape index (κ2) is 44.7. The van der Waals surface area contributed by atoms with Crippen molar-refractivity contribution in [1.29, 1.82) is 0 Å². The highest BCUT2D eigenvalue weighted by Gasteiger charge is 2.26. The number of carbonyl (C=O) groups excluding carboxylic acids is 2. The Balaban J connectivity index is 4.18. The third-order valence-corrected chi connectivity index (χ3v) is 10.9. The van der Waals surface area contributed by atoms with Gasteiger partial charge in [-0.2, -0.15) is 0 Å². The molecule has 0 aliphatic heterocycles. The second-order valence-corrected chi connectivity index (χ2v) is 17.3. The fraction of sp³-hybridized carbons (Fsp3) is 0.755. The van der Waals surface area contributed by atoms with Crippen LogP contribution in [0.5, 0.6) is 0 Å². The van der Waals surface area contributed by atoms with Crippen molar-refractivity contribution in [2.24, 2.45) is 5.73 Å². The average Bonchev–Trinajstić information content (AvgIpc) is 3.23. The van der Waals surface area contributed by atoms with Crippen molar-refractivity contribution in [2.75, 3.05) is 26.4 Å². The van der Waals surface area contributed by atoms with Crippen LogP contribution in [-0.4, -0.2) is 60.5 Å². The molecule has 0 rings (SSSR count). The van der Waals surface area contributed by atoms with Crippen LogP contribution in [0, 0.1) is 0 Å². The molecule has 0 aromatic carbocycles. The molecule has 0 spiro atoms. The molecule has 0 heterocycles. The molecule has 0 bridgehead atoms. The third kappa shape index (κ3) is 43.7. The van der Waals surface area contributed by atoms with E-state index in [1.54, 1.807) is 0 Å². The zero-order valence-electron chi connectivity index (χ0n) is 38.0. The summed E-state index contributed by atoms with van der Waals surface area (Å²) < 4.78 is 32.8. The Morgan fingerprint density at radius 1 is 0.567 bits per heavy atom. The number of aliphatic hydroxyl groups is 1. The molecule has 4 N–H and O–H groups in total. The van der Waals surface area contributed by atoms with E-state index < -0.39 is 32.5 Å². The number of esters is 2. The van der Waals surface area contributed by atoms with E-state index >= 15 is 0 Å². The lowest BCUT2D eigenvalue weighted by Gasteiger charge is -2.19. The second-order valence-electron chi connectivity index (χ2n) is 15.8. The number of phosphoric acid groups is 1. The van der Waals surface area contributed by atoms with E-state index in [1.807, 2.05) is 12.2 Å². The zero-order chi connectivity index (χ0) is 44.0. The van der Waals surface area contributed by atoms with Gasteiger partial charge in [-0.05, 0) is 77.0 Å². The predicted molar refractivity (Wildman–Crippen MR) is 249 cm³/mol. The molecule has 10 nitrogen and oxygen atoms in total. The molecule has 11 heteroatoms. The number of aliphatic hydroxyl groups excluding tert-OH is 1. The van der Waals surface area contributed by atoms with E-state index in [1.165, 1.54) is 96.3 Å². The number of carbonyl (C=O) groups is 2. The van der Waals surface area contributed by atoms with Crippen molar-refractivity contribution >= 4 is 19.8 Å². The summed E-state index contributed by atoms with van der Waals surface area (Å²) in [4.78, 5) is 34.9. The van der Waals surface area contributed by atoms with E-state index in [0.717, 1.165) is 51.4 Å². The van der Waals surface area contributed by atoms with Crippen LogP contribution < -0.4 is 5.73 Å². The Labute approximate surface area is 366 Å². The van der Waals surface area contributed by atoms with Crippen LogP contribution in [0.3, 0.4) is 0 Å². The Hall–Kier alpha value is -2.33. The first kappa shape index (κ1) is 57.7. The van der Waals surface area contributed by atoms with Crippen LogP contribution in [-0.2, 0) is 32.7 Å². The summed E-state index contributed by atoms with van der Waals surface area (Å²) in [5.41, 5.74) is 5.35. The van der Waals surface area contributed by atoms with Crippen LogP contribution in [0.1, 0.15) is 200 Å². The molecule has 0 amide bonds. The molecular weight excluding hydrogens is 778 g/mol. The minimum Gasteiger partial charge on any atom is -0.462 e. The number of rotatable bonds is 44. The van der Waals surface area contributed by atoms with Gasteiger partial charge in [0, 0.05) is 19.4 Å². The topological polar surface area (TPSA) is 155 Å². The van der Waals surface area contributed by atoms with Gasteiger partial charge >= 0.3 is 19.8 Å². The zero-order valence-corrected chi connectivity index (χ0v) is 38.9. The smallest absolute Gasteiger partial charge is 0.462 e. The number of hydrogen-bond donors (Lipinski definition) is 3. The van der Waals surface area contributed by atoms with Gasteiger partial charge in [0.05, 0.1) is 19.3 Å². The maximum Gasteiger partial charge on any atom is 0.472 e. The largest absolute Gasteiger partial charge is 0.472 e. The molecule has 2 unspecified atom stereocenters. The van der Waals surface area contributed by atoms with Crippen LogP contribution in [0.25, 0.3) is 0 Å². The molecule has 3 atom stereocenters. The monoisotopic (exact) mass is 866 g/mol.